The Labute approximate surface area is 153 Å². The first kappa shape index (κ1) is 17.9. The van der Waals surface area contributed by atoms with Crippen LogP contribution in [0.4, 0.5) is 0 Å². The number of fused-ring (bicyclic) bond motifs is 1. The Morgan fingerprint density at radius 2 is 1.65 bits per heavy atom. The van der Waals surface area contributed by atoms with Gasteiger partial charge < -0.3 is 19.3 Å². The number of hydrogen-bond acceptors (Lipinski definition) is 5. The monoisotopic (exact) mass is 353 g/mol. The molecule has 136 valence electrons. The average molecular weight is 353 g/mol. The Bertz CT molecular complexity index is 912. The third-order valence-electron chi connectivity index (χ3n) is 4.47. The van der Waals surface area contributed by atoms with Crippen LogP contribution in [-0.2, 0) is 6.42 Å². The first-order chi connectivity index (χ1) is 12.6. The van der Waals surface area contributed by atoms with Gasteiger partial charge in [0.25, 0.3) is 0 Å². The molecule has 2 aromatic carbocycles. The van der Waals surface area contributed by atoms with Gasteiger partial charge in [-0.25, -0.2) is 0 Å². The first-order valence-corrected chi connectivity index (χ1v) is 8.51. The topological polar surface area (TPSA) is 60.8 Å². The molecule has 1 heterocycles. The van der Waals surface area contributed by atoms with Crippen molar-refractivity contribution in [3.63, 3.8) is 0 Å². The summed E-state index contributed by atoms with van der Waals surface area (Å²) in [4.78, 5) is 4.30. The van der Waals surface area contributed by atoms with Gasteiger partial charge in [-0.15, -0.1) is 0 Å². The lowest BCUT2D eigenvalue weighted by molar-refractivity contribution is 0.320. The lowest BCUT2D eigenvalue weighted by atomic mass is 9.99. The number of rotatable bonds is 6. The highest BCUT2D eigenvalue weighted by Gasteiger charge is 2.13. The smallest absolute Gasteiger partial charge is 0.167 e. The highest BCUT2D eigenvalue weighted by molar-refractivity contribution is 5.92. The van der Waals surface area contributed by atoms with Gasteiger partial charge in [0.15, 0.2) is 11.5 Å². The molecule has 0 fully saturated rings. The van der Waals surface area contributed by atoms with Crippen molar-refractivity contribution in [3.8, 4) is 23.0 Å². The van der Waals surface area contributed by atoms with E-state index in [1.54, 1.807) is 26.5 Å². The van der Waals surface area contributed by atoms with Crippen molar-refractivity contribution >= 4 is 10.8 Å². The van der Waals surface area contributed by atoms with Gasteiger partial charge in [0, 0.05) is 23.3 Å². The lowest BCUT2D eigenvalue weighted by Gasteiger charge is -2.14. The molecular weight excluding hydrogens is 330 g/mol. The zero-order valence-corrected chi connectivity index (χ0v) is 15.5. The second kappa shape index (κ2) is 7.52. The van der Waals surface area contributed by atoms with Crippen LogP contribution in [0.2, 0.25) is 0 Å². The Morgan fingerprint density at radius 1 is 0.962 bits per heavy atom. The summed E-state index contributed by atoms with van der Waals surface area (Å²) in [6.07, 6.45) is 4.12. The van der Waals surface area contributed by atoms with E-state index in [2.05, 4.69) is 4.98 Å². The van der Waals surface area contributed by atoms with E-state index >= 15 is 0 Å². The highest BCUT2D eigenvalue weighted by Crippen LogP contribution is 2.36. The quantitative estimate of drug-likeness (QED) is 0.718. The number of ether oxygens (including phenoxy) is 3. The van der Waals surface area contributed by atoms with Crippen LogP contribution in [0.5, 0.6) is 23.0 Å². The maximum Gasteiger partial charge on any atom is 0.167 e. The minimum Gasteiger partial charge on any atom is -0.504 e. The summed E-state index contributed by atoms with van der Waals surface area (Å²) >= 11 is 0. The molecule has 1 aromatic heterocycles. The van der Waals surface area contributed by atoms with Crippen LogP contribution in [0.3, 0.4) is 0 Å². The number of hydrogen-bond donors (Lipinski definition) is 1. The van der Waals surface area contributed by atoms with Crippen molar-refractivity contribution in [2.24, 2.45) is 0 Å². The third-order valence-corrected chi connectivity index (χ3v) is 4.47. The van der Waals surface area contributed by atoms with Crippen LogP contribution in [0.1, 0.15) is 23.6 Å². The lowest BCUT2D eigenvalue weighted by Crippen LogP contribution is -1.98. The fourth-order valence-corrected chi connectivity index (χ4v) is 3.15. The molecule has 0 unspecified atom stereocenters. The summed E-state index contributed by atoms with van der Waals surface area (Å²) in [6, 6.07) is 7.76. The van der Waals surface area contributed by atoms with Crippen LogP contribution in [0, 0.1) is 6.92 Å². The number of aromatic nitrogens is 1. The maximum absolute atomic E-state index is 10.5. The number of pyridine rings is 1. The van der Waals surface area contributed by atoms with Crippen LogP contribution >= 0.6 is 0 Å². The number of phenolic OH excluding ortho intramolecular Hbond substituents is 1. The molecule has 0 amide bonds. The molecule has 0 bridgehead atoms. The van der Waals surface area contributed by atoms with Gasteiger partial charge in [-0.3, -0.25) is 4.98 Å². The molecule has 5 nitrogen and oxygen atoms in total. The second-order valence-corrected chi connectivity index (χ2v) is 6.04. The van der Waals surface area contributed by atoms with Gasteiger partial charge in [-0.2, -0.15) is 0 Å². The van der Waals surface area contributed by atoms with E-state index in [-0.39, 0.29) is 5.75 Å². The fourth-order valence-electron chi connectivity index (χ4n) is 3.15. The van der Waals surface area contributed by atoms with Crippen molar-refractivity contribution in [1.82, 2.24) is 4.98 Å². The van der Waals surface area contributed by atoms with Crippen LogP contribution < -0.4 is 14.2 Å². The predicted molar refractivity (Wildman–Crippen MR) is 102 cm³/mol. The molecule has 0 spiro atoms. The molecule has 1 N–H and O–H groups in total. The molecule has 0 aliphatic heterocycles. The molecule has 0 saturated heterocycles. The summed E-state index contributed by atoms with van der Waals surface area (Å²) in [5.41, 5.74) is 3.02. The summed E-state index contributed by atoms with van der Waals surface area (Å²) in [5, 5.41) is 12.1. The largest absolute Gasteiger partial charge is 0.504 e. The third kappa shape index (κ3) is 3.25. The number of methoxy groups -OCH3 is 2. The molecule has 0 radical (unpaired) electrons. The van der Waals surface area contributed by atoms with E-state index < -0.39 is 0 Å². The van der Waals surface area contributed by atoms with Crippen molar-refractivity contribution in [1.29, 1.82) is 0 Å². The van der Waals surface area contributed by atoms with Gasteiger partial charge in [-0.05, 0) is 55.0 Å². The van der Waals surface area contributed by atoms with Crippen molar-refractivity contribution in [3.05, 3.63) is 53.3 Å². The molecule has 5 heteroatoms. The Hall–Kier alpha value is -2.95. The molecule has 26 heavy (non-hydrogen) atoms. The van der Waals surface area contributed by atoms with Gasteiger partial charge in [0.1, 0.15) is 11.5 Å². The maximum atomic E-state index is 10.5. The first-order valence-electron chi connectivity index (χ1n) is 8.51. The van der Waals surface area contributed by atoms with Crippen LogP contribution in [0.15, 0.2) is 36.7 Å². The normalized spacial score (nSPS) is 10.8. The highest BCUT2D eigenvalue weighted by atomic mass is 16.5. The van der Waals surface area contributed by atoms with Crippen LogP contribution in [-0.4, -0.2) is 30.9 Å². The minimum absolute atomic E-state index is 0.123. The van der Waals surface area contributed by atoms with E-state index in [0.717, 1.165) is 33.6 Å². The summed E-state index contributed by atoms with van der Waals surface area (Å²) in [7, 11) is 3.30. The van der Waals surface area contributed by atoms with E-state index in [1.807, 2.05) is 38.2 Å². The molecule has 0 saturated carbocycles. The van der Waals surface area contributed by atoms with Gasteiger partial charge in [0.05, 0.1) is 20.8 Å². The molecule has 0 aliphatic rings. The van der Waals surface area contributed by atoms with E-state index in [4.69, 9.17) is 14.2 Å². The molecule has 0 atom stereocenters. The fraction of sp³-hybridized carbons (Fsp3) is 0.286. The van der Waals surface area contributed by atoms with E-state index in [0.29, 0.717) is 24.2 Å². The predicted octanol–water partition coefficient (Wildman–Crippen LogP) is 4.26. The van der Waals surface area contributed by atoms with Gasteiger partial charge in [-0.1, -0.05) is 6.07 Å². The van der Waals surface area contributed by atoms with Crippen molar-refractivity contribution in [2.45, 2.75) is 20.3 Å². The number of benzene rings is 2. The summed E-state index contributed by atoms with van der Waals surface area (Å²) in [5.74, 6) is 2.17. The second-order valence-electron chi connectivity index (χ2n) is 6.04. The average Bonchev–Trinajstić information content (AvgIpc) is 2.65. The van der Waals surface area contributed by atoms with E-state index in [1.165, 1.54) is 0 Å². The van der Waals surface area contributed by atoms with Crippen molar-refractivity contribution < 1.29 is 19.3 Å². The van der Waals surface area contributed by atoms with Crippen LogP contribution in [0.25, 0.3) is 10.8 Å². The number of nitrogens with zero attached hydrogens (tertiary/aromatic N) is 1. The molecule has 0 aliphatic carbocycles. The summed E-state index contributed by atoms with van der Waals surface area (Å²) in [6.45, 7) is 4.35. The summed E-state index contributed by atoms with van der Waals surface area (Å²) < 4.78 is 16.4. The Morgan fingerprint density at radius 3 is 2.27 bits per heavy atom. The van der Waals surface area contributed by atoms with E-state index in [9.17, 15) is 5.11 Å². The molecule has 3 aromatic rings. The zero-order chi connectivity index (χ0) is 18.7. The Kier molecular flexibility index (Phi) is 5.16. The van der Waals surface area contributed by atoms with Gasteiger partial charge >= 0.3 is 0 Å². The number of aromatic hydroxyl groups is 1. The zero-order valence-electron chi connectivity index (χ0n) is 15.5. The SMILES string of the molecule is CCOc1ccc2c(Cc3cc(OC)c(C)c(OC)c3)cncc2c1O. The minimum atomic E-state index is 0.123. The van der Waals surface area contributed by atoms with Gasteiger partial charge in [0.2, 0.25) is 0 Å². The Balaban J connectivity index is 2.06. The standard InChI is InChI=1S/C21H23NO4/c1-5-26-18-7-6-16-15(11-22-12-17(16)21(18)23)8-14-9-19(24-3)13(2)20(10-14)25-4/h6-7,9-12,23H,5,8H2,1-4H3. The molecule has 3 rings (SSSR count). The molecular formula is C21H23NO4. The number of phenols is 1. The van der Waals surface area contributed by atoms with Crippen molar-refractivity contribution in [2.75, 3.05) is 20.8 Å².